The summed E-state index contributed by atoms with van der Waals surface area (Å²) >= 11 is 0. The van der Waals surface area contributed by atoms with Crippen molar-refractivity contribution in [2.45, 2.75) is 12.5 Å². The summed E-state index contributed by atoms with van der Waals surface area (Å²) in [6.07, 6.45) is 2.89. The van der Waals surface area contributed by atoms with Crippen LogP contribution in [0.5, 0.6) is 0 Å². The number of aromatic nitrogens is 2. The van der Waals surface area contributed by atoms with Crippen LogP contribution in [0.4, 0.5) is 5.82 Å². The average Bonchev–Trinajstić information content (AvgIpc) is 2.71. The number of hydrogen-bond acceptors (Lipinski definition) is 4. The van der Waals surface area contributed by atoms with Gasteiger partial charge in [0.25, 0.3) is 0 Å². The number of hydrogen-bond donors (Lipinski definition) is 1. The fourth-order valence-electron chi connectivity index (χ4n) is 1.64. The van der Waals surface area contributed by atoms with E-state index in [9.17, 15) is 0 Å². The van der Waals surface area contributed by atoms with Crippen molar-refractivity contribution in [3.8, 4) is 0 Å². The molecule has 0 aliphatic carbocycles. The zero-order valence-corrected chi connectivity index (χ0v) is 7.77. The summed E-state index contributed by atoms with van der Waals surface area (Å²) < 4.78 is 0. The van der Waals surface area contributed by atoms with Gasteiger partial charge in [0.05, 0.1) is 0 Å². The first-order valence-electron chi connectivity index (χ1n) is 4.59. The van der Waals surface area contributed by atoms with Crippen molar-refractivity contribution in [3.63, 3.8) is 0 Å². The Kier molecular flexibility index (Phi) is 2.40. The number of nitrogens with one attached hydrogen (secondary N) is 1. The molecular formula is C9H14N4. The molecule has 0 saturated carbocycles. The average molecular weight is 178 g/mol. The van der Waals surface area contributed by atoms with Crippen LogP contribution in [0.3, 0.4) is 0 Å². The number of likely N-dealkylation sites (N-methyl/N-ethyl adjacent to an activating group) is 1. The van der Waals surface area contributed by atoms with Gasteiger partial charge in [-0.05, 0) is 25.1 Å². The Hall–Kier alpha value is -1.16. The smallest absolute Gasteiger partial charge is 0.151 e. The van der Waals surface area contributed by atoms with E-state index < -0.39 is 0 Å². The van der Waals surface area contributed by atoms with Gasteiger partial charge in [-0.15, -0.1) is 5.10 Å². The summed E-state index contributed by atoms with van der Waals surface area (Å²) in [4.78, 5) is 2.19. The second-order valence-corrected chi connectivity index (χ2v) is 3.34. The minimum atomic E-state index is 0.566. The van der Waals surface area contributed by atoms with Crippen LogP contribution >= 0.6 is 0 Å². The minimum Gasteiger partial charge on any atom is -0.354 e. The highest BCUT2D eigenvalue weighted by Crippen LogP contribution is 2.13. The Morgan fingerprint density at radius 1 is 1.62 bits per heavy atom. The topological polar surface area (TPSA) is 41.1 Å². The van der Waals surface area contributed by atoms with Crippen molar-refractivity contribution >= 4 is 5.82 Å². The lowest BCUT2D eigenvalue weighted by Gasteiger charge is -2.23. The third-order valence-electron chi connectivity index (χ3n) is 2.50. The van der Waals surface area contributed by atoms with Crippen molar-refractivity contribution in [1.82, 2.24) is 15.5 Å². The van der Waals surface area contributed by atoms with Crippen LogP contribution in [-0.4, -0.2) is 36.4 Å². The van der Waals surface area contributed by atoms with Crippen LogP contribution in [0.1, 0.15) is 6.42 Å². The predicted octanol–water partition coefficient (Wildman–Crippen LogP) is 0.275. The summed E-state index contributed by atoms with van der Waals surface area (Å²) in [5.74, 6) is 0.955. The highest BCUT2D eigenvalue weighted by molar-refractivity contribution is 5.36. The first-order chi connectivity index (χ1) is 6.38. The molecule has 4 heteroatoms. The monoisotopic (exact) mass is 178 g/mol. The van der Waals surface area contributed by atoms with Gasteiger partial charge in [-0.2, -0.15) is 5.10 Å². The Balaban J connectivity index is 2.08. The fourth-order valence-corrected chi connectivity index (χ4v) is 1.64. The van der Waals surface area contributed by atoms with Crippen LogP contribution in [0, 0.1) is 0 Å². The molecule has 0 aromatic carbocycles. The van der Waals surface area contributed by atoms with E-state index in [-0.39, 0.29) is 0 Å². The molecule has 2 heterocycles. The van der Waals surface area contributed by atoms with E-state index >= 15 is 0 Å². The standard InChI is InChI=1S/C9H14N4/c1-13(8-4-6-10-7-8)9-3-2-5-11-12-9/h2-3,5,8,10H,4,6-7H2,1H3/t8-/m1/s1. The Morgan fingerprint density at radius 3 is 3.15 bits per heavy atom. The Morgan fingerprint density at radius 2 is 2.54 bits per heavy atom. The molecule has 0 amide bonds. The van der Waals surface area contributed by atoms with Crippen molar-refractivity contribution in [1.29, 1.82) is 0 Å². The second kappa shape index (κ2) is 3.70. The van der Waals surface area contributed by atoms with Crippen LogP contribution in [0.15, 0.2) is 18.3 Å². The SMILES string of the molecule is CN(c1cccnn1)[C@@H]1CCNC1. The van der Waals surface area contributed by atoms with E-state index in [1.165, 1.54) is 6.42 Å². The highest BCUT2D eigenvalue weighted by atomic mass is 15.3. The molecule has 1 aromatic rings. The van der Waals surface area contributed by atoms with E-state index in [0.717, 1.165) is 18.9 Å². The van der Waals surface area contributed by atoms with Gasteiger partial charge in [0, 0.05) is 25.8 Å². The molecule has 1 aliphatic heterocycles. The highest BCUT2D eigenvalue weighted by Gasteiger charge is 2.19. The predicted molar refractivity (Wildman–Crippen MR) is 51.7 cm³/mol. The van der Waals surface area contributed by atoms with E-state index in [0.29, 0.717) is 6.04 Å². The summed E-state index contributed by atoms with van der Waals surface area (Å²) in [5, 5.41) is 11.3. The molecule has 4 nitrogen and oxygen atoms in total. The number of rotatable bonds is 2. The van der Waals surface area contributed by atoms with Crippen LogP contribution < -0.4 is 10.2 Å². The van der Waals surface area contributed by atoms with Gasteiger partial charge in [-0.3, -0.25) is 0 Å². The molecule has 70 valence electrons. The lowest BCUT2D eigenvalue weighted by molar-refractivity contribution is 0.672. The molecule has 1 atom stereocenters. The van der Waals surface area contributed by atoms with Gasteiger partial charge in [-0.25, -0.2) is 0 Å². The number of nitrogens with zero attached hydrogens (tertiary/aromatic N) is 3. The Bertz CT molecular complexity index is 256. The van der Waals surface area contributed by atoms with Gasteiger partial charge in [0.2, 0.25) is 0 Å². The largest absolute Gasteiger partial charge is 0.354 e. The fraction of sp³-hybridized carbons (Fsp3) is 0.556. The number of anilines is 1. The van der Waals surface area contributed by atoms with E-state index in [1.54, 1.807) is 6.20 Å². The van der Waals surface area contributed by atoms with Gasteiger partial charge >= 0.3 is 0 Å². The van der Waals surface area contributed by atoms with Crippen LogP contribution in [0.2, 0.25) is 0 Å². The molecule has 1 aromatic heterocycles. The lowest BCUT2D eigenvalue weighted by atomic mass is 10.2. The summed E-state index contributed by atoms with van der Waals surface area (Å²) in [5.41, 5.74) is 0. The van der Waals surface area contributed by atoms with E-state index in [1.807, 2.05) is 12.1 Å². The van der Waals surface area contributed by atoms with Gasteiger partial charge in [0.1, 0.15) is 0 Å². The first kappa shape index (κ1) is 8.44. The van der Waals surface area contributed by atoms with Crippen molar-refractivity contribution in [2.75, 3.05) is 25.0 Å². The van der Waals surface area contributed by atoms with Crippen LogP contribution in [0.25, 0.3) is 0 Å². The Labute approximate surface area is 78.0 Å². The zero-order valence-electron chi connectivity index (χ0n) is 7.77. The molecule has 2 rings (SSSR count). The zero-order chi connectivity index (χ0) is 9.10. The quantitative estimate of drug-likeness (QED) is 0.706. The molecule has 0 radical (unpaired) electrons. The van der Waals surface area contributed by atoms with Gasteiger partial charge < -0.3 is 10.2 Å². The van der Waals surface area contributed by atoms with Crippen molar-refractivity contribution in [3.05, 3.63) is 18.3 Å². The molecule has 1 fully saturated rings. The normalized spacial score (nSPS) is 21.8. The maximum absolute atomic E-state index is 4.07. The summed E-state index contributed by atoms with van der Waals surface area (Å²) in [6.45, 7) is 2.16. The molecular weight excluding hydrogens is 164 g/mol. The van der Waals surface area contributed by atoms with Crippen molar-refractivity contribution < 1.29 is 0 Å². The third-order valence-corrected chi connectivity index (χ3v) is 2.50. The van der Waals surface area contributed by atoms with Gasteiger partial charge in [-0.1, -0.05) is 0 Å². The van der Waals surface area contributed by atoms with Gasteiger partial charge in [0.15, 0.2) is 5.82 Å². The van der Waals surface area contributed by atoms with Crippen molar-refractivity contribution in [2.24, 2.45) is 0 Å². The first-order valence-corrected chi connectivity index (χ1v) is 4.59. The molecule has 0 spiro atoms. The molecule has 1 saturated heterocycles. The molecule has 1 N–H and O–H groups in total. The molecule has 13 heavy (non-hydrogen) atoms. The second-order valence-electron chi connectivity index (χ2n) is 3.34. The molecule has 1 aliphatic rings. The third kappa shape index (κ3) is 1.78. The maximum Gasteiger partial charge on any atom is 0.151 e. The molecule has 0 bridgehead atoms. The summed E-state index contributed by atoms with van der Waals surface area (Å²) in [6, 6.07) is 4.48. The minimum absolute atomic E-state index is 0.566. The van der Waals surface area contributed by atoms with E-state index in [2.05, 4.69) is 27.5 Å². The lowest BCUT2D eigenvalue weighted by Crippen LogP contribution is -2.33. The van der Waals surface area contributed by atoms with Crippen LogP contribution in [-0.2, 0) is 0 Å². The maximum atomic E-state index is 4.07. The molecule has 0 unspecified atom stereocenters. The van der Waals surface area contributed by atoms with E-state index in [4.69, 9.17) is 0 Å². The summed E-state index contributed by atoms with van der Waals surface area (Å²) in [7, 11) is 2.07.